The van der Waals surface area contributed by atoms with Crippen LogP contribution >= 0.6 is 11.6 Å². The van der Waals surface area contributed by atoms with E-state index in [4.69, 9.17) is 16.3 Å². The zero-order chi connectivity index (χ0) is 19.1. The molecule has 0 unspecified atom stereocenters. The number of likely N-dealkylation sites (tertiary alicyclic amines) is 1. The molecule has 1 saturated heterocycles. The summed E-state index contributed by atoms with van der Waals surface area (Å²) in [4.78, 5) is 50.0. The highest BCUT2D eigenvalue weighted by Crippen LogP contribution is 2.56. The van der Waals surface area contributed by atoms with E-state index in [0.717, 1.165) is 24.2 Å². The van der Waals surface area contributed by atoms with E-state index in [0.29, 0.717) is 10.7 Å². The molecule has 2 saturated carbocycles. The zero-order valence-electron chi connectivity index (χ0n) is 14.5. The Kier molecular flexibility index (Phi) is 4.63. The molecule has 4 atom stereocenters. The fourth-order valence-corrected chi connectivity index (χ4v) is 4.90. The van der Waals surface area contributed by atoms with E-state index >= 15 is 0 Å². The molecule has 1 aromatic rings. The van der Waals surface area contributed by atoms with Crippen LogP contribution in [0.2, 0.25) is 5.02 Å². The Morgan fingerprint density at radius 3 is 2.44 bits per heavy atom. The predicted octanol–water partition coefficient (Wildman–Crippen LogP) is 1.85. The summed E-state index contributed by atoms with van der Waals surface area (Å²) < 4.78 is 4.93. The minimum atomic E-state index is -0.773. The van der Waals surface area contributed by atoms with Gasteiger partial charge >= 0.3 is 5.97 Å². The van der Waals surface area contributed by atoms with E-state index < -0.39 is 25.0 Å². The van der Waals surface area contributed by atoms with Gasteiger partial charge in [0.1, 0.15) is 6.54 Å². The first-order valence-electron chi connectivity index (χ1n) is 9.00. The maximum absolute atomic E-state index is 12.5. The van der Waals surface area contributed by atoms with Crippen molar-refractivity contribution in [3.05, 3.63) is 29.3 Å². The second-order valence-electron chi connectivity index (χ2n) is 7.37. The predicted molar refractivity (Wildman–Crippen MR) is 95.6 cm³/mol. The van der Waals surface area contributed by atoms with Crippen LogP contribution in [0.1, 0.15) is 19.3 Å². The molecule has 7 nitrogen and oxygen atoms in total. The Labute approximate surface area is 161 Å². The summed E-state index contributed by atoms with van der Waals surface area (Å²) in [6, 6.07) is 6.57. The van der Waals surface area contributed by atoms with Gasteiger partial charge in [-0.3, -0.25) is 24.1 Å². The minimum absolute atomic E-state index is 0.265. The number of nitrogens with zero attached hydrogens (tertiary/aromatic N) is 1. The lowest BCUT2D eigenvalue weighted by atomic mass is 9.81. The van der Waals surface area contributed by atoms with Crippen molar-refractivity contribution in [3.63, 3.8) is 0 Å². The number of rotatable bonds is 5. The van der Waals surface area contributed by atoms with Crippen molar-refractivity contribution in [1.29, 1.82) is 0 Å². The van der Waals surface area contributed by atoms with Crippen LogP contribution in [0.25, 0.3) is 0 Å². The van der Waals surface area contributed by atoms with Gasteiger partial charge in [-0.05, 0) is 49.3 Å². The maximum atomic E-state index is 12.5. The van der Waals surface area contributed by atoms with E-state index in [1.807, 2.05) is 0 Å². The topological polar surface area (TPSA) is 92.8 Å². The average molecular weight is 391 g/mol. The van der Waals surface area contributed by atoms with Crippen LogP contribution in [0, 0.1) is 23.7 Å². The lowest BCUT2D eigenvalue weighted by molar-refractivity contribution is -0.154. The number of hydrogen-bond acceptors (Lipinski definition) is 5. The lowest BCUT2D eigenvalue weighted by Crippen LogP contribution is -2.38. The number of esters is 1. The first-order chi connectivity index (χ1) is 12.9. The van der Waals surface area contributed by atoms with Crippen molar-refractivity contribution in [2.75, 3.05) is 18.5 Å². The third-order valence-corrected chi connectivity index (χ3v) is 6.01. The number of anilines is 1. The number of ether oxygens (including phenoxy) is 1. The molecule has 27 heavy (non-hydrogen) atoms. The summed E-state index contributed by atoms with van der Waals surface area (Å²) in [6.07, 6.45) is 2.90. The molecule has 2 aliphatic carbocycles. The first kappa shape index (κ1) is 18.0. The molecule has 1 aliphatic heterocycles. The quantitative estimate of drug-likeness (QED) is 0.611. The van der Waals surface area contributed by atoms with Crippen molar-refractivity contribution in [1.82, 2.24) is 4.90 Å². The van der Waals surface area contributed by atoms with E-state index in [9.17, 15) is 19.2 Å². The molecule has 1 N–H and O–H groups in total. The van der Waals surface area contributed by atoms with Crippen molar-refractivity contribution in [2.45, 2.75) is 19.3 Å². The van der Waals surface area contributed by atoms with E-state index in [1.165, 1.54) is 0 Å². The first-order valence-corrected chi connectivity index (χ1v) is 9.38. The zero-order valence-corrected chi connectivity index (χ0v) is 15.3. The third-order valence-electron chi connectivity index (χ3n) is 5.78. The highest BCUT2D eigenvalue weighted by molar-refractivity contribution is 6.30. The number of nitrogens with one attached hydrogen (secondary N) is 1. The van der Waals surface area contributed by atoms with E-state index in [2.05, 4.69) is 5.32 Å². The Bertz CT molecular complexity index is 798. The highest BCUT2D eigenvalue weighted by atomic mass is 35.5. The SMILES string of the molecule is O=C(COC(=O)CN1C(=O)[C@@H]2[C@H]3CC[C@@H](C3)[C@H]2C1=O)Nc1cccc(Cl)c1. The summed E-state index contributed by atoms with van der Waals surface area (Å²) in [5, 5.41) is 3.02. The fourth-order valence-electron chi connectivity index (χ4n) is 4.71. The summed E-state index contributed by atoms with van der Waals surface area (Å²) in [5.74, 6) is -1.84. The van der Waals surface area contributed by atoms with Crippen LogP contribution in [0.3, 0.4) is 0 Å². The number of amides is 3. The molecule has 1 aromatic carbocycles. The molecule has 4 rings (SSSR count). The van der Waals surface area contributed by atoms with Gasteiger partial charge in [0, 0.05) is 10.7 Å². The summed E-state index contributed by atoms with van der Waals surface area (Å²) >= 11 is 5.84. The molecule has 3 amide bonds. The van der Waals surface area contributed by atoms with Gasteiger partial charge in [-0.15, -0.1) is 0 Å². The molecule has 0 radical (unpaired) electrons. The van der Waals surface area contributed by atoms with Crippen LogP contribution in [0.15, 0.2) is 24.3 Å². The van der Waals surface area contributed by atoms with Gasteiger partial charge in [0.2, 0.25) is 11.8 Å². The second-order valence-corrected chi connectivity index (χ2v) is 7.80. The van der Waals surface area contributed by atoms with Crippen LogP contribution < -0.4 is 5.32 Å². The molecule has 0 spiro atoms. The Morgan fingerprint density at radius 1 is 1.15 bits per heavy atom. The van der Waals surface area contributed by atoms with Gasteiger partial charge in [-0.2, -0.15) is 0 Å². The summed E-state index contributed by atoms with van der Waals surface area (Å²) in [5.41, 5.74) is 0.483. The molecular formula is C19H19ClN2O5. The van der Waals surface area contributed by atoms with Crippen LogP contribution in [0.4, 0.5) is 5.69 Å². The molecule has 8 heteroatoms. The highest BCUT2D eigenvalue weighted by Gasteiger charge is 2.61. The van der Waals surface area contributed by atoms with Crippen LogP contribution in [-0.2, 0) is 23.9 Å². The average Bonchev–Trinajstić information content (AvgIpc) is 3.30. The van der Waals surface area contributed by atoms with Gasteiger partial charge in [0.25, 0.3) is 5.91 Å². The van der Waals surface area contributed by atoms with Crippen LogP contribution in [-0.4, -0.2) is 41.7 Å². The lowest BCUT2D eigenvalue weighted by Gasteiger charge is -2.19. The summed E-state index contributed by atoms with van der Waals surface area (Å²) in [7, 11) is 0. The van der Waals surface area contributed by atoms with Crippen LogP contribution in [0.5, 0.6) is 0 Å². The van der Waals surface area contributed by atoms with Crippen molar-refractivity contribution in [2.24, 2.45) is 23.7 Å². The largest absolute Gasteiger partial charge is 0.454 e. The molecule has 142 valence electrons. The van der Waals surface area contributed by atoms with Gasteiger partial charge in [-0.25, -0.2) is 0 Å². The number of carbonyl (C=O) groups excluding carboxylic acids is 4. The van der Waals surface area contributed by atoms with Gasteiger partial charge in [0.15, 0.2) is 6.61 Å². The Morgan fingerprint density at radius 2 is 1.81 bits per heavy atom. The molecule has 0 aromatic heterocycles. The van der Waals surface area contributed by atoms with Gasteiger partial charge in [0.05, 0.1) is 11.8 Å². The summed E-state index contributed by atoms with van der Waals surface area (Å²) in [6.45, 7) is -0.936. The maximum Gasteiger partial charge on any atom is 0.326 e. The van der Waals surface area contributed by atoms with Crippen molar-refractivity contribution in [3.8, 4) is 0 Å². The molecule has 2 bridgehead atoms. The normalized spacial score (nSPS) is 28.4. The Hall–Kier alpha value is -2.41. The number of halogens is 1. The van der Waals surface area contributed by atoms with E-state index in [1.54, 1.807) is 24.3 Å². The monoisotopic (exact) mass is 390 g/mol. The second kappa shape index (κ2) is 6.96. The van der Waals surface area contributed by atoms with Crippen molar-refractivity contribution < 1.29 is 23.9 Å². The number of imide groups is 1. The van der Waals surface area contributed by atoms with Gasteiger partial charge in [-0.1, -0.05) is 17.7 Å². The molecular weight excluding hydrogens is 372 g/mol. The van der Waals surface area contributed by atoms with Gasteiger partial charge < -0.3 is 10.1 Å². The Balaban J connectivity index is 1.29. The molecule has 3 aliphatic rings. The number of carbonyl (C=O) groups is 4. The minimum Gasteiger partial charge on any atom is -0.454 e. The fraction of sp³-hybridized carbons (Fsp3) is 0.474. The molecule has 3 fully saturated rings. The third kappa shape index (κ3) is 3.32. The standard InChI is InChI=1S/C19H19ClN2O5/c20-12-2-1-3-13(7-12)21-14(23)9-27-15(24)8-22-18(25)16-10-4-5-11(6-10)17(16)19(22)26/h1-3,7,10-11,16-17H,4-6,8-9H2,(H,21,23)/t10-,11-,16+,17+/m0/s1. The van der Waals surface area contributed by atoms with Crippen molar-refractivity contribution >= 4 is 41.0 Å². The van der Waals surface area contributed by atoms with E-state index in [-0.39, 0.29) is 35.5 Å². The smallest absolute Gasteiger partial charge is 0.326 e. The number of hydrogen-bond donors (Lipinski definition) is 1. The molecule has 1 heterocycles. The number of benzene rings is 1. The number of fused-ring (bicyclic) bond motifs is 5.